The number of halogens is 1. The average molecular weight is 348 g/mol. The van der Waals surface area contributed by atoms with Crippen molar-refractivity contribution in [3.8, 4) is 0 Å². The minimum Gasteiger partial charge on any atom is -0.267 e. The van der Waals surface area contributed by atoms with Gasteiger partial charge in [-0.15, -0.1) is 0 Å². The van der Waals surface area contributed by atoms with E-state index in [-0.39, 0.29) is 10.6 Å². The number of aryl methyl sites for hydroxylation is 1. The Balaban J connectivity index is 2.08. The Hall–Kier alpha value is -2.93. The summed E-state index contributed by atoms with van der Waals surface area (Å²) >= 11 is 5.76. The van der Waals surface area contributed by atoms with Gasteiger partial charge < -0.3 is 0 Å². The Morgan fingerprint density at radius 3 is 2.29 bits per heavy atom. The van der Waals surface area contributed by atoms with E-state index in [4.69, 9.17) is 11.6 Å². The van der Waals surface area contributed by atoms with Crippen LogP contribution in [-0.2, 0) is 6.42 Å². The number of amides is 2. The zero-order valence-electron chi connectivity index (χ0n) is 12.7. The van der Waals surface area contributed by atoms with Gasteiger partial charge in [-0.3, -0.25) is 30.6 Å². The summed E-state index contributed by atoms with van der Waals surface area (Å²) in [6, 6.07) is 10.5. The van der Waals surface area contributed by atoms with Crippen molar-refractivity contribution in [2.45, 2.75) is 13.3 Å². The predicted molar refractivity (Wildman–Crippen MR) is 88.9 cm³/mol. The molecule has 0 saturated heterocycles. The van der Waals surface area contributed by atoms with Gasteiger partial charge in [0.05, 0.1) is 4.92 Å². The highest BCUT2D eigenvalue weighted by atomic mass is 35.5. The van der Waals surface area contributed by atoms with E-state index in [1.807, 2.05) is 6.92 Å². The largest absolute Gasteiger partial charge is 0.282 e. The molecule has 2 amide bonds. The number of hydrogen-bond acceptors (Lipinski definition) is 4. The van der Waals surface area contributed by atoms with Gasteiger partial charge in [0.1, 0.15) is 5.56 Å². The topological polar surface area (TPSA) is 101 Å². The van der Waals surface area contributed by atoms with Crippen LogP contribution in [0, 0.1) is 10.1 Å². The number of hydrazine groups is 1. The summed E-state index contributed by atoms with van der Waals surface area (Å²) in [7, 11) is 0. The summed E-state index contributed by atoms with van der Waals surface area (Å²) in [6.45, 7) is 1.99. The predicted octanol–water partition coefficient (Wildman–Crippen LogP) is 2.89. The molecule has 7 nitrogen and oxygen atoms in total. The summed E-state index contributed by atoms with van der Waals surface area (Å²) < 4.78 is 0. The Bertz CT molecular complexity index is 790. The van der Waals surface area contributed by atoms with Crippen molar-refractivity contribution in [2.75, 3.05) is 0 Å². The molecular weight excluding hydrogens is 334 g/mol. The van der Waals surface area contributed by atoms with Crippen LogP contribution in [0.2, 0.25) is 5.02 Å². The van der Waals surface area contributed by atoms with Crippen LogP contribution in [0.5, 0.6) is 0 Å². The lowest BCUT2D eigenvalue weighted by Crippen LogP contribution is -2.41. The highest BCUT2D eigenvalue weighted by Crippen LogP contribution is 2.22. The lowest BCUT2D eigenvalue weighted by atomic mass is 10.1. The second-order valence-electron chi connectivity index (χ2n) is 4.88. The average Bonchev–Trinajstić information content (AvgIpc) is 2.59. The fourth-order valence-electron chi connectivity index (χ4n) is 1.99. The molecule has 0 fully saturated rings. The van der Waals surface area contributed by atoms with Crippen LogP contribution in [-0.4, -0.2) is 16.7 Å². The second-order valence-corrected chi connectivity index (χ2v) is 5.31. The van der Waals surface area contributed by atoms with Crippen molar-refractivity contribution in [1.29, 1.82) is 0 Å². The maximum atomic E-state index is 12.1. The number of benzene rings is 2. The van der Waals surface area contributed by atoms with E-state index in [1.54, 1.807) is 24.3 Å². The SMILES string of the molecule is CCc1ccc(C(=O)NNC(=O)c2cc(Cl)ccc2[N+](=O)[O-])cc1. The lowest BCUT2D eigenvalue weighted by molar-refractivity contribution is -0.385. The van der Waals surface area contributed by atoms with E-state index in [0.717, 1.165) is 24.1 Å². The molecule has 0 heterocycles. The summed E-state index contributed by atoms with van der Waals surface area (Å²) in [6.07, 6.45) is 0.844. The summed E-state index contributed by atoms with van der Waals surface area (Å²) in [4.78, 5) is 34.3. The van der Waals surface area contributed by atoms with E-state index < -0.39 is 22.4 Å². The molecule has 24 heavy (non-hydrogen) atoms. The van der Waals surface area contributed by atoms with Crippen molar-refractivity contribution >= 4 is 29.1 Å². The molecule has 2 rings (SSSR count). The van der Waals surface area contributed by atoms with Crippen molar-refractivity contribution < 1.29 is 14.5 Å². The molecule has 8 heteroatoms. The van der Waals surface area contributed by atoms with Gasteiger partial charge in [0.2, 0.25) is 0 Å². The Morgan fingerprint density at radius 1 is 1.08 bits per heavy atom. The molecule has 0 aliphatic carbocycles. The molecule has 0 atom stereocenters. The first-order valence-electron chi connectivity index (χ1n) is 7.06. The molecule has 0 spiro atoms. The van der Waals surface area contributed by atoms with Crippen molar-refractivity contribution in [3.05, 3.63) is 74.3 Å². The van der Waals surface area contributed by atoms with Crippen LogP contribution in [0.4, 0.5) is 5.69 Å². The van der Waals surface area contributed by atoms with Crippen molar-refractivity contribution in [1.82, 2.24) is 10.9 Å². The molecule has 0 bridgehead atoms. The Morgan fingerprint density at radius 2 is 1.71 bits per heavy atom. The molecule has 2 aromatic rings. The van der Waals surface area contributed by atoms with Crippen LogP contribution in [0.25, 0.3) is 0 Å². The molecule has 0 aliphatic heterocycles. The van der Waals surface area contributed by atoms with Crippen LogP contribution >= 0.6 is 11.6 Å². The summed E-state index contributed by atoms with van der Waals surface area (Å²) in [5.41, 5.74) is 5.15. The normalized spacial score (nSPS) is 10.1. The van der Waals surface area contributed by atoms with Gasteiger partial charge in [-0.25, -0.2) is 0 Å². The lowest BCUT2D eigenvalue weighted by Gasteiger charge is -2.08. The number of nitro benzene ring substituents is 1. The Kier molecular flexibility index (Phi) is 5.49. The molecule has 2 N–H and O–H groups in total. The third kappa shape index (κ3) is 4.08. The van der Waals surface area contributed by atoms with Gasteiger partial charge in [-0.1, -0.05) is 30.7 Å². The van der Waals surface area contributed by atoms with Crippen LogP contribution in [0.3, 0.4) is 0 Å². The molecule has 0 aliphatic rings. The quantitative estimate of drug-likeness (QED) is 0.655. The van der Waals surface area contributed by atoms with E-state index in [1.165, 1.54) is 6.07 Å². The third-order valence-electron chi connectivity index (χ3n) is 3.31. The fourth-order valence-corrected chi connectivity index (χ4v) is 2.17. The molecule has 0 radical (unpaired) electrons. The monoisotopic (exact) mass is 347 g/mol. The maximum Gasteiger partial charge on any atom is 0.282 e. The molecule has 0 aromatic heterocycles. The first-order chi connectivity index (χ1) is 11.4. The van der Waals surface area contributed by atoms with E-state index in [2.05, 4.69) is 10.9 Å². The van der Waals surface area contributed by atoms with Gasteiger partial charge in [-0.05, 0) is 36.2 Å². The summed E-state index contributed by atoms with van der Waals surface area (Å²) in [5.74, 6) is -1.36. The minimum absolute atomic E-state index is 0.173. The molecule has 0 saturated carbocycles. The first-order valence-corrected chi connectivity index (χ1v) is 7.43. The first kappa shape index (κ1) is 17.4. The number of carbonyl (C=O) groups excluding carboxylic acids is 2. The van der Waals surface area contributed by atoms with Crippen LogP contribution < -0.4 is 10.9 Å². The number of nitrogens with zero attached hydrogens (tertiary/aromatic N) is 1. The van der Waals surface area contributed by atoms with Gasteiger partial charge in [0.25, 0.3) is 17.5 Å². The smallest absolute Gasteiger partial charge is 0.267 e. The Labute approximate surface area is 142 Å². The zero-order chi connectivity index (χ0) is 17.7. The van der Waals surface area contributed by atoms with Gasteiger partial charge >= 0.3 is 0 Å². The third-order valence-corrected chi connectivity index (χ3v) is 3.55. The van der Waals surface area contributed by atoms with Crippen LogP contribution in [0.1, 0.15) is 33.2 Å². The number of nitrogens with one attached hydrogen (secondary N) is 2. The fraction of sp³-hybridized carbons (Fsp3) is 0.125. The standard InChI is InChI=1S/C16H14ClN3O4/c1-2-10-3-5-11(6-4-10)15(21)18-19-16(22)13-9-12(17)7-8-14(13)20(23)24/h3-9H,2H2,1H3,(H,18,21)(H,19,22). The van der Waals surface area contributed by atoms with Gasteiger partial charge in [0, 0.05) is 16.7 Å². The number of rotatable bonds is 4. The maximum absolute atomic E-state index is 12.1. The molecule has 0 unspecified atom stereocenters. The molecule has 2 aromatic carbocycles. The van der Waals surface area contributed by atoms with Gasteiger partial charge in [0.15, 0.2) is 0 Å². The molecular formula is C16H14ClN3O4. The van der Waals surface area contributed by atoms with E-state index in [9.17, 15) is 19.7 Å². The highest BCUT2D eigenvalue weighted by molar-refractivity contribution is 6.31. The number of nitro groups is 1. The molecule has 124 valence electrons. The number of carbonyl (C=O) groups is 2. The van der Waals surface area contributed by atoms with Crippen LogP contribution in [0.15, 0.2) is 42.5 Å². The van der Waals surface area contributed by atoms with E-state index in [0.29, 0.717) is 5.56 Å². The second kappa shape index (κ2) is 7.56. The summed E-state index contributed by atoms with van der Waals surface area (Å²) in [5, 5.41) is 11.1. The highest BCUT2D eigenvalue weighted by Gasteiger charge is 2.21. The van der Waals surface area contributed by atoms with E-state index >= 15 is 0 Å². The van der Waals surface area contributed by atoms with Crippen molar-refractivity contribution in [3.63, 3.8) is 0 Å². The zero-order valence-corrected chi connectivity index (χ0v) is 13.5. The number of hydrogen-bond donors (Lipinski definition) is 2. The van der Waals surface area contributed by atoms with Crippen molar-refractivity contribution in [2.24, 2.45) is 0 Å². The minimum atomic E-state index is -0.831. The van der Waals surface area contributed by atoms with Gasteiger partial charge in [-0.2, -0.15) is 0 Å².